The Kier molecular flexibility index (Phi) is 7.42. The Morgan fingerprint density at radius 1 is 0.680 bits per heavy atom. The minimum absolute atomic E-state index is 0.0741. The molecule has 8 aromatic rings. The van der Waals surface area contributed by atoms with Crippen LogP contribution < -0.4 is 11.1 Å². The first-order valence-electron chi connectivity index (χ1n) is 17.4. The number of rotatable bonds is 7. The molecule has 0 bridgehead atoms. The van der Waals surface area contributed by atoms with Crippen LogP contribution in [0.2, 0.25) is 0 Å². The number of benzene rings is 7. The summed E-state index contributed by atoms with van der Waals surface area (Å²) in [5, 5.41) is 8.90. The molecule has 2 nitrogen and oxygen atoms in total. The van der Waals surface area contributed by atoms with Crippen LogP contribution in [0.3, 0.4) is 0 Å². The Morgan fingerprint density at radius 2 is 1.38 bits per heavy atom. The van der Waals surface area contributed by atoms with E-state index in [1.54, 1.807) is 0 Å². The van der Waals surface area contributed by atoms with Gasteiger partial charge in [0.05, 0.1) is 0 Å². The van der Waals surface area contributed by atoms with Gasteiger partial charge in [-0.25, -0.2) is 0 Å². The van der Waals surface area contributed by atoms with E-state index in [4.69, 9.17) is 5.73 Å². The number of fused-ring (bicyclic) bond motifs is 7. The van der Waals surface area contributed by atoms with Crippen molar-refractivity contribution in [3.8, 4) is 22.3 Å². The molecule has 1 unspecified atom stereocenters. The lowest BCUT2D eigenvalue weighted by molar-refractivity contribution is 0.661. The number of allylic oxidation sites excluding steroid dienone is 1. The van der Waals surface area contributed by atoms with E-state index in [1.807, 2.05) is 29.5 Å². The van der Waals surface area contributed by atoms with E-state index >= 15 is 0 Å². The first-order valence-corrected chi connectivity index (χ1v) is 18.2. The van der Waals surface area contributed by atoms with E-state index in [0.717, 1.165) is 23.2 Å². The second-order valence-corrected chi connectivity index (χ2v) is 15.0. The lowest BCUT2D eigenvalue weighted by Crippen LogP contribution is -2.27. The monoisotopic (exact) mass is 662 g/mol. The largest absolute Gasteiger partial charge is 0.366 e. The van der Waals surface area contributed by atoms with Gasteiger partial charge in [-0.05, 0) is 85.5 Å². The minimum atomic E-state index is -0.340. The highest BCUT2D eigenvalue weighted by Gasteiger charge is 2.37. The van der Waals surface area contributed by atoms with Crippen LogP contribution in [-0.4, -0.2) is 0 Å². The molecule has 0 saturated carbocycles. The van der Waals surface area contributed by atoms with Crippen molar-refractivity contribution in [3.05, 3.63) is 186 Å². The van der Waals surface area contributed by atoms with Crippen LogP contribution in [0.15, 0.2) is 158 Å². The van der Waals surface area contributed by atoms with E-state index in [0.29, 0.717) is 0 Å². The third-order valence-electron chi connectivity index (χ3n) is 10.6. The Balaban J connectivity index is 1.11. The summed E-state index contributed by atoms with van der Waals surface area (Å²) in [6.07, 6.45) is 2.76. The van der Waals surface area contributed by atoms with Crippen molar-refractivity contribution in [2.24, 2.45) is 5.73 Å². The molecule has 50 heavy (non-hydrogen) atoms. The predicted octanol–water partition coefficient (Wildman–Crippen LogP) is 12.0. The Labute approximate surface area is 297 Å². The van der Waals surface area contributed by atoms with Crippen LogP contribution >= 0.6 is 11.3 Å². The Hall–Kier alpha value is -5.48. The Morgan fingerprint density at radius 3 is 2.20 bits per heavy atom. The summed E-state index contributed by atoms with van der Waals surface area (Å²) in [7, 11) is 0. The summed E-state index contributed by atoms with van der Waals surface area (Å²) in [4.78, 5) is 0. The fourth-order valence-corrected chi connectivity index (χ4v) is 9.12. The first kappa shape index (κ1) is 30.6. The van der Waals surface area contributed by atoms with Gasteiger partial charge in [-0.2, -0.15) is 0 Å². The maximum absolute atomic E-state index is 6.79. The molecule has 1 heterocycles. The molecule has 0 radical (unpaired) electrons. The van der Waals surface area contributed by atoms with Gasteiger partial charge in [-0.3, -0.25) is 0 Å². The molecule has 0 amide bonds. The Bertz CT molecular complexity index is 2570. The highest BCUT2D eigenvalue weighted by Crippen LogP contribution is 2.53. The van der Waals surface area contributed by atoms with Crippen LogP contribution in [-0.2, 0) is 11.8 Å². The van der Waals surface area contributed by atoms with Gasteiger partial charge in [0.15, 0.2) is 0 Å². The van der Waals surface area contributed by atoms with Gasteiger partial charge in [-0.1, -0.05) is 153 Å². The maximum Gasteiger partial charge on any atom is 0.101 e. The van der Waals surface area contributed by atoms with E-state index in [9.17, 15) is 0 Å². The SMILES string of the molecule is CC1(C)c2cc3ccccc3cc2-c2c(-c3ccc(/C(=C/Cc4cccc5c4sc4ccccc45)NC(N)c4ccccc4)cc3)cccc21. The molecule has 0 spiro atoms. The standard InChI is InChI=1S/C47H38N2S/c1-47(2)40-20-11-18-36(44(40)39-28-34-14-6-7-15-35(34)29-41(39)47)30-22-24-31(25-23-30)42(49-46(48)33-12-4-3-5-13-33)27-26-32-16-10-19-38-37-17-8-9-21-43(37)50-45(32)38/h3-25,27-29,46,49H,26,48H2,1-2H3/b42-27-. The van der Waals surface area contributed by atoms with E-state index in [2.05, 4.69) is 159 Å². The molecule has 242 valence electrons. The molecule has 1 aromatic heterocycles. The quantitative estimate of drug-likeness (QED) is 0.167. The van der Waals surface area contributed by atoms with Gasteiger partial charge >= 0.3 is 0 Å². The van der Waals surface area contributed by atoms with Crippen molar-refractivity contribution in [1.82, 2.24) is 5.32 Å². The van der Waals surface area contributed by atoms with Crippen molar-refractivity contribution in [2.75, 3.05) is 0 Å². The third kappa shape index (κ3) is 5.13. The summed E-state index contributed by atoms with van der Waals surface area (Å²) >= 11 is 1.88. The molecule has 3 heteroatoms. The van der Waals surface area contributed by atoms with E-state index in [-0.39, 0.29) is 11.6 Å². The summed E-state index contributed by atoms with van der Waals surface area (Å²) in [6.45, 7) is 4.72. The second kappa shape index (κ2) is 12.1. The lowest BCUT2D eigenvalue weighted by atomic mass is 9.81. The topological polar surface area (TPSA) is 38.0 Å². The van der Waals surface area contributed by atoms with Gasteiger partial charge in [0.1, 0.15) is 6.17 Å². The van der Waals surface area contributed by atoms with Gasteiger partial charge in [0.2, 0.25) is 0 Å². The molecule has 9 rings (SSSR count). The number of nitrogens with two attached hydrogens (primary N) is 1. The average Bonchev–Trinajstić information content (AvgIpc) is 3.65. The molecule has 0 fully saturated rings. The molecular weight excluding hydrogens is 625 g/mol. The van der Waals surface area contributed by atoms with Crippen LogP contribution in [0.1, 0.15) is 47.8 Å². The molecular formula is C47H38N2S. The molecule has 7 aromatic carbocycles. The summed E-state index contributed by atoms with van der Waals surface area (Å²) in [5.41, 5.74) is 19.2. The number of nitrogens with one attached hydrogen (secondary N) is 1. The molecule has 1 aliphatic carbocycles. The first-order chi connectivity index (χ1) is 24.5. The summed E-state index contributed by atoms with van der Waals surface area (Å²) in [5.74, 6) is 0. The molecule has 1 atom stereocenters. The summed E-state index contributed by atoms with van der Waals surface area (Å²) < 4.78 is 2.67. The van der Waals surface area contributed by atoms with Gasteiger partial charge in [0, 0.05) is 31.3 Å². The van der Waals surface area contributed by atoms with Crippen LogP contribution in [0, 0.1) is 0 Å². The zero-order valence-electron chi connectivity index (χ0n) is 28.3. The van der Waals surface area contributed by atoms with Crippen molar-refractivity contribution < 1.29 is 0 Å². The minimum Gasteiger partial charge on any atom is -0.366 e. The van der Waals surface area contributed by atoms with E-state index in [1.165, 1.54) is 69.9 Å². The lowest BCUT2D eigenvalue weighted by Gasteiger charge is -2.22. The zero-order valence-corrected chi connectivity index (χ0v) is 29.1. The maximum atomic E-state index is 6.79. The van der Waals surface area contributed by atoms with Crippen LogP contribution in [0.25, 0.3) is 58.9 Å². The van der Waals surface area contributed by atoms with Crippen LogP contribution in [0.4, 0.5) is 0 Å². The molecule has 0 saturated heterocycles. The van der Waals surface area contributed by atoms with Crippen molar-refractivity contribution in [2.45, 2.75) is 31.8 Å². The number of thiophene rings is 1. The second-order valence-electron chi connectivity index (χ2n) is 13.9. The highest BCUT2D eigenvalue weighted by atomic mass is 32.1. The third-order valence-corrected chi connectivity index (χ3v) is 11.8. The molecule has 1 aliphatic rings. The number of hydrogen-bond acceptors (Lipinski definition) is 3. The van der Waals surface area contributed by atoms with Crippen molar-refractivity contribution >= 4 is 48.0 Å². The van der Waals surface area contributed by atoms with Gasteiger partial charge in [-0.15, -0.1) is 11.3 Å². The van der Waals surface area contributed by atoms with Gasteiger partial charge in [0.25, 0.3) is 0 Å². The molecule has 3 N–H and O–H groups in total. The van der Waals surface area contributed by atoms with Crippen molar-refractivity contribution in [1.29, 1.82) is 0 Å². The summed E-state index contributed by atoms with van der Waals surface area (Å²) in [6, 6.07) is 55.0. The molecule has 0 aliphatic heterocycles. The zero-order chi connectivity index (χ0) is 33.8. The van der Waals surface area contributed by atoms with Gasteiger partial charge < -0.3 is 11.1 Å². The smallest absolute Gasteiger partial charge is 0.101 e. The fourth-order valence-electron chi connectivity index (χ4n) is 7.89. The highest BCUT2D eigenvalue weighted by molar-refractivity contribution is 7.26. The van der Waals surface area contributed by atoms with Crippen molar-refractivity contribution in [3.63, 3.8) is 0 Å². The van der Waals surface area contributed by atoms with E-state index < -0.39 is 0 Å². The normalized spacial score (nSPS) is 14.2. The fraction of sp³-hybridized carbons (Fsp3) is 0.106. The van der Waals surface area contributed by atoms with Crippen LogP contribution in [0.5, 0.6) is 0 Å². The predicted molar refractivity (Wildman–Crippen MR) is 214 cm³/mol. The number of hydrogen-bond donors (Lipinski definition) is 2. The average molecular weight is 663 g/mol.